The molecule has 0 radical (unpaired) electrons. The van der Waals surface area contributed by atoms with Crippen molar-refractivity contribution in [2.24, 2.45) is 5.73 Å². The van der Waals surface area contributed by atoms with Crippen LogP contribution in [0.25, 0.3) is 0 Å². The highest BCUT2D eigenvalue weighted by Gasteiger charge is 2.33. The second-order valence-electron chi connectivity index (χ2n) is 3.16. The molecule has 0 aromatic rings. The van der Waals surface area contributed by atoms with E-state index >= 15 is 0 Å². The molecule has 1 unspecified atom stereocenters. The van der Waals surface area contributed by atoms with Crippen LogP contribution in [0.5, 0.6) is 0 Å². The minimum atomic E-state index is -0.374. The predicted octanol–water partition coefficient (Wildman–Crippen LogP) is -1.70. The van der Waals surface area contributed by atoms with Gasteiger partial charge in [0.15, 0.2) is 0 Å². The summed E-state index contributed by atoms with van der Waals surface area (Å²) < 4.78 is 0. The molecule has 5 nitrogen and oxygen atoms in total. The fourth-order valence-corrected chi connectivity index (χ4v) is 1.34. The van der Waals surface area contributed by atoms with E-state index in [1.54, 1.807) is 4.90 Å². The Hall–Kier alpha value is -1.54. The van der Waals surface area contributed by atoms with Crippen LogP contribution in [0.2, 0.25) is 0 Å². The maximum absolute atomic E-state index is 11.2. The van der Waals surface area contributed by atoms with Gasteiger partial charge in [0.05, 0.1) is 19.1 Å². The highest BCUT2D eigenvalue weighted by molar-refractivity contribution is 5.83. The number of nitrogens with one attached hydrogen (secondary N) is 1. The second-order valence-corrected chi connectivity index (χ2v) is 3.16. The molecule has 1 fully saturated rings. The normalized spacial score (nSPS) is 20.6. The van der Waals surface area contributed by atoms with Crippen LogP contribution in [0, 0.1) is 12.3 Å². The van der Waals surface area contributed by atoms with Crippen LogP contribution in [-0.4, -0.2) is 42.4 Å². The lowest BCUT2D eigenvalue weighted by Gasteiger charge is -2.37. The maximum atomic E-state index is 11.2. The van der Waals surface area contributed by atoms with Gasteiger partial charge in [0.1, 0.15) is 0 Å². The van der Waals surface area contributed by atoms with Gasteiger partial charge in [0.25, 0.3) is 0 Å². The van der Waals surface area contributed by atoms with Crippen LogP contribution in [-0.2, 0) is 9.59 Å². The Morgan fingerprint density at radius 1 is 1.64 bits per heavy atom. The molecule has 1 saturated heterocycles. The highest BCUT2D eigenvalue weighted by atomic mass is 16.2. The Balaban J connectivity index is 2.28. The lowest BCUT2D eigenvalue weighted by molar-refractivity contribution is -0.131. The van der Waals surface area contributed by atoms with Gasteiger partial charge in [-0.3, -0.25) is 14.5 Å². The average molecular weight is 195 g/mol. The average Bonchev–Trinajstić information content (AvgIpc) is 2.08. The number of primary amides is 1. The van der Waals surface area contributed by atoms with E-state index in [-0.39, 0.29) is 30.9 Å². The van der Waals surface area contributed by atoms with E-state index in [1.165, 1.54) is 0 Å². The number of likely N-dealkylation sites (tertiary alicyclic amines) is 1. The molecule has 3 N–H and O–H groups in total. The van der Waals surface area contributed by atoms with Gasteiger partial charge in [-0.15, -0.1) is 6.42 Å². The highest BCUT2D eigenvalue weighted by Crippen LogP contribution is 2.15. The van der Waals surface area contributed by atoms with Gasteiger partial charge in [-0.25, -0.2) is 0 Å². The van der Waals surface area contributed by atoms with Crippen molar-refractivity contribution in [2.75, 3.05) is 19.6 Å². The van der Waals surface area contributed by atoms with Crippen molar-refractivity contribution >= 4 is 11.8 Å². The van der Waals surface area contributed by atoms with Crippen LogP contribution < -0.4 is 11.1 Å². The van der Waals surface area contributed by atoms with Gasteiger partial charge in [0, 0.05) is 6.54 Å². The molecule has 0 aliphatic carbocycles. The van der Waals surface area contributed by atoms with Crippen molar-refractivity contribution in [3.05, 3.63) is 0 Å². The first kappa shape index (κ1) is 10.5. The zero-order valence-corrected chi connectivity index (χ0v) is 7.82. The molecule has 5 heteroatoms. The summed E-state index contributed by atoms with van der Waals surface area (Å²) in [7, 11) is 0. The van der Waals surface area contributed by atoms with Gasteiger partial charge >= 0.3 is 0 Å². The molecule has 1 aliphatic heterocycles. The molecule has 76 valence electrons. The van der Waals surface area contributed by atoms with Crippen molar-refractivity contribution in [1.82, 2.24) is 10.2 Å². The van der Waals surface area contributed by atoms with E-state index in [9.17, 15) is 9.59 Å². The predicted molar refractivity (Wildman–Crippen MR) is 51.0 cm³/mol. The number of amides is 2. The van der Waals surface area contributed by atoms with Crippen molar-refractivity contribution in [3.63, 3.8) is 0 Å². The van der Waals surface area contributed by atoms with Gasteiger partial charge in [0.2, 0.25) is 11.8 Å². The minimum Gasteiger partial charge on any atom is -0.368 e. The molecule has 0 saturated carbocycles. The number of hydrogen-bond donors (Lipinski definition) is 2. The summed E-state index contributed by atoms with van der Waals surface area (Å²) >= 11 is 0. The van der Waals surface area contributed by atoms with Gasteiger partial charge in [-0.05, 0) is 6.42 Å². The van der Waals surface area contributed by atoms with Crippen LogP contribution in [0.15, 0.2) is 0 Å². The number of carbonyl (C=O) groups is 2. The van der Waals surface area contributed by atoms with E-state index < -0.39 is 0 Å². The third-order valence-corrected chi connectivity index (χ3v) is 2.19. The molecule has 1 rings (SSSR count). The molecular formula is C9H13N3O2. The molecule has 1 atom stereocenters. The molecule has 1 heterocycles. The summed E-state index contributed by atoms with van der Waals surface area (Å²) in [4.78, 5) is 23.7. The molecule has 1 aliphatic rings. The zero-order chi connectivity index (χ0) is 10.6. The quantitative estimate of drug-likeness (QED) is 0.525. The summed E-state index contributed by atoms with van der Waals surface area (Å²) in [5.41, 5.74) is 5.12. The van der Waals surface area contributed by atoms with Crippen molar-refractivity contribution in [3.8, 4) is 12.3 Å². The largest absolute Gasteiger partial charge is 0.368 e. The Bertz CT molecular complexity index is 282. The van der Waals surface area contributed by atoms with E-state index in [0.29, 0.717) is 0 Å². The number of nitrogens with two attached hydrogens (primary N) is 1. The third-order valence-electron chi connectivity index (χ3n) is 2.19. The summed E-state index contributed by atoms with van der Waals surface area (Å²) in [6.45, 7) is 1.14. The minimum absolute atomic E-state index is 0.172. The van der Waals surface area contributed by atoms with Gasteiger partial charge in [-0.2, -0.15) is 0 Å². The SMILES string of the molecule is C#CCNC(=O)CN1CCC1C(N)=O. The lowest BCUT2D eigenvalue weighted by atomic mass is 10.0. The molecule has 0 spiro atoms. The number of hydrogen-bond acceptors (Lipinski definition) is 3. The summed E-state index contributed by atoms with van der Waals surface area (Å²) in [6.07, 6.45) is 5.71. The van der Waals surface area contributed by atoms with Crippen LogP contribution in [0.4, 0.5) is 0 Å². The smallest absolute Gasteiger partial charge is 0.234 e. The summed E-state index contributed by atoms with van der Waals surface area (Å²) in [5.74, 6) is 1.75. The number of nitrogens with zero attached hydrogens (tertiary/aromatic N) is 1. The van der Waals surface area contributed by atoms with Crippen molar-refractivity contribution < 1.29 is 9.59 Å². The summed E-state index contributed by atoms with van der Waals surface area (Å²) in [6, 6.07) is -0.286. The molecule has 0 bridgehead atoms. The van der Waals surface area contributed by atoms with E-state index in [0.717, 1.165) is 13.0 Å². The fraction of sp³-hybridized carbons (Fsp3) is 0.556. The fourth-order valence-electron chi connectivity index (χ4n) is 1.34. The zero-order valence-electron chi connectivity index (χ0n) is 7.82. The monoisotopic (exact) mass is 195 g/mol. The third kappa shape index (κ3) is 2.47. The molecule has 14 heavy (non-hydrogen) atoms. The first-order valence-corrected chi connectivity index (χ1v) is 4.38. The first-order chi connectivity index (χ1) is 6.65. The molecule has 2 amide bonds. The molecular weight excluding hydrogens is 182 g/mol. The Kier molecular flexibility index (Phi) is 3.48. The number of terminal acetylenes is 1. The Labute approximate surface area is 82.6 Å². The Morgan fingerprint density at radius 3 is 2.79 bits per heavy atom. The Morgan fingerprint density at radius 2 is 2.36 bits per heavy atom. The van der Waals surface area contributed by atoms with Crippen LogP contribution in [0.1, 0.15) is 6.42 Å². The van der Waals surface area contributed by atoms with Crippen molar-refractivity contribution in [1.29, 1.82) is 0 Å². The lowest BCUT2D eigenvalue weighted by Crippen LogP contribution is -2.57. The van der Waals surface area contributed by atoms with E-state index in [4.69, 9.17) is 12.2 Å². The van der Waals surface area contributed by atoms with Crippen LogP contribution in [0.3, 0.4) is 0 Å². The maximum Gasteiger partial charge on any atom is 0.234 e. The second kappa shape index (κ2) is 4.63. The number of rotatable bonds is 4. The molecule has 0 aromatic carbocycles. The molecule has 0 aromatic heterocycles. The summed E-state index contributed by atoms with van der Waals surface area (Å²) in [5, 5.41) is 2.52. The topological polar surface area (TPSA) is 75.4 Å². The standard InChI is InChI=1S/C9H13N3O2/c1-2-4-11-8(13)6-12-5-3-7(12)9(10)14/h1,7H,3-6H2,(H2,10,14)(H,11,13). The van der Waals surface area contributed by atoms with Gasteiger partial charge < -0.3 is 11.1 Å². The van der Waals surface area contributed by atoms with E-state index in [2.05, 4.69) is 11.2 Å². The van der Waals surface area contributed by atoms with Gasteiger partial charge in [-0.1, -0.05) is 5.92 Å². The van der Waals surface area contributed by atoms with Crippen LogP contribution >= 0.6 is 0 Å². The van der Waals surface area contributed by atoms with Crippen molar-refractivity contribution in [2.45, 2.75) is 12.5 Å². The van der Waals surface area contributed by atoms with E-state index in [1.807, 2.05) is 0 Å². The first-order valence-electron chi connectivity index (χ1n) is 4.38. The number of carbonyl (C=O) groups excluding carboxylic acids is 2.